The largest absolute Gasteiger partial charge is 0.478 e. The van der Waals surface area contributed by atoms with Crippen molar-refractivity contribution in [3.63, 3.8) is 0 Å². The number of ether oxygens (including phenoxy) is 2. The second-order valence-corrected chi connectivity index (χ2v) is 4.10. The molecule has 0 fully saturated rings. The average Bonchev–Trinajstić information content (AvgIpc) is 2.43. The van der Waals surface area contributed by atoms with Gasteiger partial charge in [0.05, 0.1) is 18.8 Å². The van der Waals surface area contributed by atoms with Crippen molar-refractivity contribution in [1.29, 1.82) is 0 Å². The summed E-state index contributed by atoms with van der Waals surface area (Å²) >= 11 is 0. The van der Waals surface area contributed by atoms with E-state index in [2.05, 4.69) is 20.6 Å². The molecule has 20 heavy (non-hydrogen) atoms. The minimum absolute atomic E-state index is 0.0220. The Morgan fingerprint density at radius 3 is 2.85 bits per heavy atom. The molecule has 2 N–H and O–H groups in total. The monoisotopic (exact) mass is 282 g/mol. The van der Waals surface area contributed by atoms with E-state index in [0.29, 0.717) is 44.4 Å². The first-order chi connectivity index (χ1) is 9.69. The van der Waals surface area contributed by atoms with Gasteiger partial charge in [-0.05, 0) is 13.8 Å². The molecule has 1 aromatic heterocycles. The van der Waals surface area contributed by atoms with Crippen molar-refractivity contribution >= 4 is 11.7 Å². The number of nitrogens with one attached hydrogen (secondary N) is 2. The van der Waals surface area contributed by atoms with E-state index in [0.717, 1.165) is 5.56 Å². The highest BCUT2D eigenvalue weighted by atomic mass is 16.5. The number of hydrogen-bond acceptors (Lipinski definition) is 6. The highest BCUT2D eigenvalue weighted by Gasteiger charge is 2.08. The van der Waals surface area contributed by atoms with E-state index in [4.69, 9.17) is 9.47 Å². The maximum absolute atomic E-state index is 11.5. The highest BCUT2D eigenvalue weighted by Crippen LogP contribution is 2.19. The Labute approximate surface area is 119 Å². The van der Waals surface area contributed by atoms with E-state index >= 15 is 0 Å². The van der Waals surface area contributed by atoms with E-state index in [1.807, 2.05) is 13.8 Å². The Morgan fingerprint density at radius 2 is 2.15 bits per heavy atom. The van der Waals surface area contributed by atoms with Gasteiger partial charge >= 0.3 is 0 Å². The minimum atomic E-state index is -0.0220. The fourth-order valence-electron chi connectivity index (χ4n) is 1.57. The minimum Gasteiger partial charge on any atom is -0.478 e. The SMILES string of the molecule is CCOc1ncnc(NCCC(=O)NCCOC)c1C. The zero-order chi connectivity index (χ0) is 14.8. The van der Waals surface area contributed by atoms with Crippen molar-refractivity contribution in [2.24, 2.45) is 0 Å². The van der Waals surface area contributed by atoms with Crippen LogP contribution in [0.15, 0.2) is 6.33 Å². The van der Waals surface area contributed by atoms with Gasteiger partial charge in [0.1, 0.15) is 12.1 Å². The molecule has 0 spiro atoms. The fraction of sp³-hybridized carbons (Fsp3) is 0.615. The Balaban J connectivity index is 2.38. The van der Waals surface area contributed by atoms with Gasteiger partial charge in [-0.2, -0.15) is 0 Å². The molecular formula is C13H22N4O3. The standard InChI is InChI=1S/C13H22N4O3/c1-4-20-13-10(2)12(16-9-17-13)15-6-5-11(18)14-7-8-19-3/h9H,4-8H2,1-3H3,(H,14,18)(H,15,16,17). The molecule has 0 saturated heterocycles. The summed E-state index contributed by atoms with van der Waals surface area (Å²) in [6, 6.07) is 0. The fourth-order valence-corrected chi connectivity index (χ4v) is 1.57. The molecule has 0 saturated carbocycles. The van der Waals surface area contributed by atoms with Gasteiger partial charge in [-0.15, -0.1) is 0 Å². The van der Waals surface area contributed by atoms with E-state index in [-0.39, 0.29) is 5.91 Å². The number of methoxy groups -OCH3 is 1. The summed E-state index contributed by atoms with van der Waals surface area (Å²) in [4.78, 5) is 19.7. The molecule has 1 heterocycles. The van der Waals surface area contributed by atoms with Crippen LogP contribution in [0.4, 0.5) is 5.82 Å². The van der Waals surface area contributed by atoms with Crippen LogP contribution in [0.5, 0.6) is 5.88 Å². The third kappa shape index (κ3) is 5.40. The molecule has 0 bridgehead atoms. The van der Waals surface area contributed by atoms with Crippen molar-refractivity contribution in [3.05, 3.63) is 11.9 Å². The zero-order valence-corrected chi connectivity index (χ0v) is 12.2. The maximum Gasteiger partial charge on any atom is 0.221 e. The number of amides is 1. The second kappa shape index (κ2) is 9.08. The first-order valence-electron chi connectivity index (χ1n) is 6.63. The van der Waals surface area contributed by atoms with Crippen LogP contribution in [0, 0.1) is 6.92 Å². The molecule has 0 unspecified atom stereocenters. The molecule has 0 aliphatic carbocycles. The predicted molar refractivity (Wildman–Crippen MR) is 75.9 cm³/mol. The van der Waals surface area contributed by atoms with Gasteiger partial charge in [-0.3, -0.25) is 4.79 Å². The lowest BCUT2D eigenvalue weighted by molar-refractivity contribution is -0.121. The van der Waals surface area contributed by atoms with Crippen LogP contribution in [0.25, 0.3) is 0 Å². The summed E-state index contributed by atoms with van der Waals surface area (Å²) in [7, 11) is 1.60. The van der Waals surface area contributed by atoms with Crippen LogP contribution < -0.4 is 15.4 Å². The first-order valence-corrected chi connectivity index (χ1v) is 6.63. The van der Waals surface area contributed by atoms with Gasteiger partial charge in [0.15, 0.2) is 0 Å². The number of anilines is 1. The van der Waals surface area contributed by atoms with Gasteiger partial charge in [0.2, 0.25) is 11.8 Å². The second-order valence-electron chi connectivity index (χ2n) is 4.10. The number of nitrogens with zero attached hydrogens (tertiary/aromatic N) is 2. The predicted octanol–water partition coefficient (Wildman–Crippen LogP) is 0.748. The van der Waals surface area contributed by atoms with Crippen LogP contribution >= 0.6 is 0 Å². The lowest BCUT2D eigenvalue weighted by Gasteiger charge is -2.11. The van der Waals surface area contributed by atoms with Crippen molar-refractivity contribution in [3.8, 4) is 5.88 Å². The van der Waals surface area contributed by atoms with Crippen LogP contribution in [0.1, 0.15) is 18.9 Å². The van der Waals surface area contributed by atoms with E-state index in [1.54, 1.807) is 7.11 Å². The normalized spacial score (nSPS) is 10.2. The van der Waals surface area contributed by atoms with Gasteiger partial charge in [0, 0.05) is 26.6 Å². The summed E-state index contributed by atoms with van der Waals surface area (Å²) < 4.78 is 10.2. The molecule has 1 aromatic rings. The number of carbonyl (C=O) groups excluding carboxylic acids is 1. The molecule has 1 amide bonds. The number of aromatic nitrogens is 2. The third-order valence-electron chi connectivity index (χ3n) is 2.59. The van der Waals surface area contributed by atoms with Crippen molar-refractivity contribution in [2.75, 3.05) is 38.7 Å². The van der Waals surface area contributed by atoms with Crippen LogP contribution in [0.3, 0.4) is 0 Å². The Morgan fingerprint density at radius 1 is 1.35 bits per heavy atom. The van der Waals surface area contributed by atoms with Crippen molar-refractivity contribution < 1.29 is 14.3 Å². The molecule has 0 radical (unpaired) electrons. The Hall–Kier alpha value is -1.89. The molecular weight excluding hydrogens is 260 g/mol. The van der Waals surface area contributed by atoms with Gasteiger partial charge < -0.3 is 20.1 Å². The van der Waals surface area contributed by atoms with E-state index < -0.39 is 0 Å². The smallest absolute Gasteiger partial charge is 0.221 e. The molecule has 0 atom stereocenters. The molecule has 0 aliphatic heterocycles. The van der Waals surface area contributed by atoms with Crippen LogP contribution in [0.2, 0.25) is 0 Å². The topological polar surface area (TPSA) is 85.4 Å². The number of carbonyl (C=O) groups is 1. The molecule has 7 nitrogen and oxygen atoms in total. The zero-order valence-electron chi connectivity index (χ0n) is 12.2. The molecule has 7 heteroatoms. The lowest BCUT2D eigenvalue weighted by Crippen LogP contribution is -2.28. The maximum atomic E-state index is 11.5. The lowest BCUT2D eigenvalue weighted by atomic mass is 10.3. The molecule has 112 valence electrons. The average molecular weight is 282 g/mol. The van der Waals surface area contributed by atoms with E-state index in [1.165, 1.54) is 6.33 Å². The molecule has 1 rings (SSSR count). The number of hydrogen-bond donors (Lipinski definition) is 2. The molecule has 0 aromatic carbocycles. The van der Waals surface area contributed by atoms with Crippen molar-refractivity contribution in [2.45, 2.75) is 20.3 Å². The van der Waals surface area contributed by atoms with Crippen LogP contribution in [-0.2, 0) is 9.53 Å². The summed E-state index contributed by atoms with van der Waals surface area (Å²) in [5, 5.41) is 5.86. The first kappa shape index (κ1) is 16.2. The summed E-state index contributed by atoms with van der Waals surface area (Å²) in [6.07, 6.45) is 1.82. The van der Waals surface area contributed by atoms with E-state index in [9.17, 15) is 4.79 Å². The Kier molecular flexibility index (Phi) is 7.34. The summed E-state index contributed by atoms with van der Waals surface area (Å²) in [6.45, 7) is 5.88. The third-order valence-corrected chi connectivity index (χ3v) is 2.59. The molecule has 0 aliphatic rings. The van der Waals surface area contributed by atoms with Gasteiger partial charge in [-0.1, -0.05) is 0 Å². The van der Waals surface area contributed by atoms with Gasteiger partial charge in [0.25, 0.3) is 0 Å². The summed E-state index contributed by atoms with van der Waals surface area (Å²) in [5.74, 6) is 1.23. The summed E-state index contributed by atoms with van der Waals surface area (Å²) in [5.41, 5.74) is 0.842. The Bertz CT molecular complexity index is 426. The van der Waals surface area contributed by atoms with Gasteiger partial charge in [-0.25, -0.2) is 9.97 Å². The van der Waals surface area contributed by atoms with Crippen LogP contribution in [-0.4, -0.2) is 49.3 Å². The van der Waals surface area contributed by atoms with Crippen molar-refractivity contribution in [1.82, 2.24) is 15.3 Å². The quantitative estimate of drug-likeness (QED) is 0.650. The number of rotatable bonds is 9. The highest BCUT2D eigenvalue weighted by molar-refractivity contribution is 5.76.